The third-order valence-corrected chi connectivity index (χ3v) is 6.40. The molecular formula is C21H21N5O5S. The van der Waals surface area contributed by atoms with E-state index in [1.54, 1.807) is 11.3 Å². The Morgan fingerprint density at radius 3 is 2.84 bits per heavy atom. The Hall–Kier alpha value is -3.60. The quantitative estimate of drug-likeness (QED) is 0.249. The van der Waals surface area contributed by atoms with Gasteiger partial charge >= 0.3 is 5.97 Å². The predicted molar refractivity (Wildman–Crippen MR) is 118 cm³/mol. The van der Waals surface area contributed by atoms with Crippen molar-refractivity contribution in [1.82, 2.24) is 15.3 Å². The smallest absolute Gasteiger partial charge is 0.325 e. The molecule has 3 N–H and O–H groups in total. The van der Waals surface area contributed by atoms with E-state index in [2.05, 4.69) is 15.3 Å². The van der Waals surface area contributed by atoms with E-state index < -0.39 is 23.3 Å². The molecular weight excluding hydrogens is 434 g/mol. The third-order valence-electron chi connectivity index (χ3n) is 5.21. The average Bonchev–Trinajstić information content (AvgIpc) is 2.97. The SMILES string of the molecule is Nc1nc(COC(=O)CNC(=O)c2cccc([N+](=O)[O-])c2)nc2sc3c(c12)CCCCC3. The molecule has 0 radical (unpaired) electrons. The summed E-state index contributed by atoms with van der Waals surface area (Å²) in [5, 5.41) is 14.1. The van der Waals surface area contributed by atoms with Crippen LogP contribution in [0.3, 0.4) is 0 Å². The molecule has 1 aliphatic carbocycles. The van der Waals surface area contributed by atoms with Crippen LogP contribution in [0.5, 0.6) is 0 Å². The van der Waals surface area contributed by atoms with Gasteiger partial charge in [0.25, 0.3) is 11.6 Å². The van der Waals surface area contributed by atoms with Crippen LogP contribution in [-0.2, 0) is 29.0 Å². The maximum atomic E-state index is 12.1. The number of rotatable bonds is 6. The number of amides is 1. The van der Waals surface area contributed by atoms with Crippen LogP contribution < -0.4 is 11.1 Å². The molecule has 10 nitrogen and oxygen atoms in total. The number of fused-ring (bicyclic) bond motifs is 3. The van der Waals surface area contributed by atoms with Crippen molar-refractivity contribution in [2.75, 3.05) is 12.3 Å². The summed E-state index contributed by atoms with van der Waals surface area (Å²) in [5.41, 5.74) is 7.30. The number of thiophene rings is 1. The highest BCUT2D eigenvalue weighted by molar-refractivity contribution is 7.19. The van der Waals surface area contributed by atoms with E-state index in [4.69, 9.17) is 10.5 Å². The summed E-state index contributed by atoms with van der Waals surface area (Å²) in [6.45, 7) is -0.569. The molecule has 2 aromatic heterocycles. The first-order valence-electron chi connectivity index (χ1n) is 10.2. The number of nitrogens with zero attached hydrogens (tertiary/aromatic N) is 3. The number of hydrogen-bond donors (Lipinski definition) is 2. The second-order valence-electron chi connectivity index (χ2n) is 7.42. The minimum atomic E-state index is -0.687. The highest BCUT2D eigenvalue weighted by atomic mass is 32.1. The molecule has 0 aliphatic heterocycles. The van der Waals surface area contributed by atoms with Crippen LogP contribution in [0.2, 0.25) is 0 Å². The number of anilines is 1. The monoisotopic (exact) mass is 455 g/mol. The highest BCUT2D eigenvalue weighted by Gasteiger charge is 2.20. The molecule has 1 aromatic carbocycles. The molecule has 3 aromatic rings. The van der Waals surface area contributed by atoms with Gasteiger partial charge in [-0.05, 0) is 37.3 Å². The van der Waals surface area contributed by atoms with Crippen molar-refractivity contribution in [1.29, 1.82) is 0 Å². The fourth-order valence-electron chi connectivity index (χ4n) is 3.68. The Labute approximate surface area is 187 Å². The molecule has 0 atom stereocenters. The Morgan fingerprint density at radius 1 is 1.22 bits per heavy atom. The van der Waals surface area contributed by atoms with Gasteiger partial charge in [-0.2, -0.15) is 0 Å². The first-order chi connectivity index (χ1) is 15.4. The van der Waals surface area contributed by atoms with Gasteiger partial charge in [0, 0.05) is 22.6 Å². The van der Waals surface area contributed by atoms with Crippen LogP contribution in [-0.4, -0.2) is 33.3 Å². The van der Waals surface area contributed by atoms with Crippen molar-refractivity contribution in [3.8, 4) is 0 Å². The Morgan fingerprint density at radius 2 is 2.03 bits per heavy atom. The molecule has 1 aliphatic rings. The summed E-state index contributed by atoms with van der Waals surface area (Å²) in [6, 6.07) is 5.23. The number of nitrogens with one attached hydrogen (secondary N) is 1. The van der Waals surface area contributed by atoms with Crippen molar-refractivity contribution < 1.29 is 19.2 Å². The van der Waals surface area contributed by atoms with Gasteiger partial charge in [-0.25, -0.2) is 9.97 Å². The topological polar surface area (TPSA) is 150 Å². The minimum Gasteiger partial charge on any atom is -0.456 e. The summed E-state index contributed by atoms with van der Waals surface area (Å²) in [6.07, 6.45) is 5.47. The Balaban J connectivity index is 1.36. The molecule has 0 unspecified atom stereocenters. The number of carbonyl (C=O) groups is 2. The summed E-state index contributed by atoms with van der Waals surface area (Å²) in [4.78, 5) is 45.3. The zero-order chi connectivity index (χ0) is 22.7. The normalized spacial score (nSPS) is 13.2. The van der Waals surface area contributed by atoms with Crippen LogP contribution in [0.15, 0.2) is 24.3 Å². The van der Waals surface area contributed by atoms with Gasteiger partial charge in [0.15, 0.2) is 12.4 Å². The predicted octanol–water partition coefficient (Wildman–Crippen LogP) is 2.92. The van der Waals surface area contributed by atoms with E-state index >= 15 is 0 Å². The number of ether oxygens (including phenoxy) is 1. The van der Waals surface area contributed by atoms with Crippen molar-refractivity contribution in [3.05, 3.63) is 56.2 Å². The second-order valence-corrected chi connectivity index (χ2v) is 8.50. The molecule has 2 heterocycles. The summed E-state index contributed by atoms with van der Waals surface area (Å²) in [7, 11) is 0. The fraction of sp³-hybridized carbons (Fsp3) is 0.333. The van der Waals surface area contributed by atoms with E-state index in [1.165, 1.54) is 35.1 Å². The summed E-state index contributed by atoms with van der Waals surface area (Å²) < 4.78 is 5.16. The maximum Gasteiger partial charge on any atom is 0.325 e. The molecule has 0 bridgehead atoms. The molecule has 1 amide bonds. The lowest BCUT2D eigenvalue weighted by Gasteiger charge is -2.07. The number of nitrogen functional groups attached to an aromatic ring is 1. The number of non-ortho nitro benzene ring substituents is 1. The lowest BCUT2D eigenvalue weighted by Crippen LogP contribution is -2.30. The Bertz CT molecular complexity index is 1210. The Kier molecular flexibility index (Phi) is 6.26. The van der Waals surface area contributed by atoms with E-state index in [1.807, 2.05) is 0 Å². The summed E-state index contributed by atoms with van der Waals surface area (Å²) >= 11 is 1.61. The van der Waals surface area contributed by atoms with Crippen LogP contribution >= 0.6 is 11.3 Å². The molecule has 166 valence electrons. The van der Waals surface area contributed by atoms with Gasteiger partial charge in [0.05, 0.1) is 10.3 Å². The van der Waals surface area contributed by atoms with Crippen molar-refractivity contribution in [2.24, 2.45) is 0 Å². The highest BCUT2D eigenvalue weighted by Crippen LogP contribution is 2.37. The van der Waals surface area contributed by atoms with Crippen LogP contribution in [0.1, 0.15) is 45.9 Å². The molecule has 0 saturated carbocycles. The number of nitrogens with two attached hydrogens (primary N) is 1. The molecule has 32 heavy (non-hydrogen) atoms. The molecule has 0 spiro atoms. The van der Waals surface area contributed by atoms with Gasteiger partial charge in [-0.3, -0.25) is 19.7 Å². The van der Waals surface area contributed by atoms with Gasteiger partial charge in [0.2, 0.25) is 0 Å². The standard InChI is InChI=1S/C21H21N5O5S/c22-19-18-14-7-2-1-3-8-15(14)32-21(18)25-16(24-19)11-31-17(27)10-23-20(28)12-5-4-6-13(9-12)26(29)30/h4-6,9H,1-3,7-8,10-11H2,(H,23,28)(H2,22,24,25). The van der Waals surface area contributed by atoms with Crippen LogP contribution in [0, 0.1) is 10.1 Å². The van der Waals surface area contributed by atoms with Gasteiger partial charge in [-0.1, -0.05) is 12.5 Å². The average molecular weight is 455 g/mol. The number of nitro groups is 1. The van der Waals surface area contributed by atoms with Crippen LogP contribution in [0.25, 0.3) is 10.2 Å². The number of carbonyl (C=O) groups excluding carboxylic acids is 2. The third kappa shape index (κ3) is 4.67. The second kappa shape index (κ2) is 9.27. The van der Waals surface area contributed by atoms with E-state index in [-0.39, 0.29) is 17.9 Å². The van der Waals surface area contributed by atoms with Gasteiger partial charge in [-0.15, -0.1) is 11.3 Å². The molecule has 0 saturated heterocycles. The fourth-order valence-corrected chi connectivity index (χ4v) is 4.97. The van der Waals surface area contributed by atoms with Crippen molar-refractivity contribution >= 4 is 44.9 Å². The zero-order valence-corrected chi connectivity index (χ0v) is 17.9. The number of esters is 1. The molecule has 4 rings (SSSR count). The van der Waals surface area contributed by atoms with Gasteiger partial charge < -0.3 is 15.8 Å². The number of aryl methyl sites for hydroxylation is 2. The first kappa shape index (κ1) is 21.6. The lowest BCUT2D eigenvalue weighted by atomic mass is 10.1. The summed E-state index contributed by atoms with van der Waals surface area (Å²) in [5.74, 6) is -0.621. The molecule has 11 heteroatoms. The number of nitro benzene ring substituents is 1. The van der Waals surface area contributed by atoms with Crippen molar-refractivity contribution in [2.45, 2.75) is 38.7 Å². The number of aromatic nitrogens is 2. The van der Waals surface area contributed by atoms with E-state index in [9.17, 15) is 19.7 Å². The maximum absolute atomic E-state index is 12.1. The number of benzene rings is 1. The largest absolute Gasteiger partial charge is 0.456 e. The van der Waals surface area contributed by atoms with Gasteiger partial charge in [0.1, 0.15) is 17.2 Å². The number of hydrogen-bond acceptors (Lipinski definition) is 9. The van der Waals surface area contributed by atoms with E-state index in [0.717, 1.165) is 42.0 Å². The zero-order valence-electron chi connectivity index (χ0n) is 17.1. The first-order valence-corrected chi connectivity index (χ1v) is 11.0. The molecule has 0 fully saturated rings. The lowest BCUT2D eigenvalue weighted by molar-refractivity contribution is -0.384. The van der Waals surface area contributed by atoms with E-state index in [0.29, 0.717) is 11.6 Å². The van der Waals surface area contributed by atoms with Crippen molar-refractivity contribution in [3.63, 3.8) is 0 Å². The van der Waals surface area contributed by atoms with Crippen LogP contribution in [0.4, 0.5) is 11.5 Å². The minimum absolute atomic E-state index is 0.0750.